The second-order valence-corrected chi connectivity index (χ2v) is 7.93. The molecule has 2 heterocycles. The summed E-state index contributed by atoms with van der Waals surface area (Å²) in [6.07, 6.45) is -2.40. The quantitative estimate of drug-likeness (QED) is 0.474. The molecule has 3 rings (SSSR count). The Morgan fingerprint density at radius 1 is 1.14 bits per heavy atom. The molecule has 2 aromatic rings. The van der Waals surface area contributed by atoms with Crippen molar-refractivity contribution in [3.05, 3.63) is 29.4 Å². The third kappa shape index (κ3) is 5.91. The number of hydrogen-bond acceptors (Lipinski definition) is 5. The number of pyridine rings is 1. The van der Waals surface area contributed by atoms with Crippen molar-refractivity contribution in [3.63, 3.8) is 0 Å². The maximum Gasteiger partial charge on any atom is 0.408 e. The zero-order valence-corrected chi connectivity index (χ0v) is 16.8. The maximum absolute atomic E-state index is 14.0. The molecule has 0 radical (unpaired) electrons. The monoisotopic (exact) mass is 431 g/mol. The fraction of sp³-hybridized carbons (Fsp3) is 0.526. The summed E-state index contributed by atoms with van der Waals surface area (Å²) >= 11 is 5.92. The fourth-order valence-electron chi connectivity index (χ4n) is 3.12. The Bertz CT molecular complexity index is 849. The van der Waals surface area contributed by atoms with Crippen LogP contribution in [0.4, 0.5) is 29.2 Å². The minimum absolute atomic E-state index is 0.00948. The van der Waals surface area contributed by atoms with Gasteiger partial charge in [0.15, 0.2) is 5.82 Å². The van der Waals surface area contributed by atoms with Gasteiger partial charge in [-0.05, 0) is 51.7 Å². The maximum atomic E-state index is 14.0. The van der Waals surface area contributed by atoms with E-state index in [9.17, 15) is 17.6 Å². The first-order valence-electron chi connectivity index (χ1n) is 9.32. The predicted molar refractivity (Wildman–Crippen MR) is 105 cm³/mol. The van der Waals surface area contributed by atoms with E-state index in [1.807, 2.05) is 0 Å². The molecule has 0 amide bonds. The van der Waals surface area contributed by atoms with Gasteiger partial charge in [-0.15, -0.1) is 0 Å². The lowest BCUT2D eigenvalue weighted by atomic mass is 9.85. The van der Waals surface area contributed by atoms with Crippen LogP contribution in [-0.2, 0) is 0 Å². The minimum Gasteiger partial charge on any atom is -0.367 e. The van der Waals surface area contributed by atoms with Gasteiger partial charge >= 0.3 is 6.18 Å². The number of nitrogens with one attached hydrogen (secondary N) is 2. The second-order valence-electron chi connectivity index (χ2n) is 7.55. The number of rotatable bonds is 5. The Morgan fingerprint density at radius 2 is 1.79 bits per heavy atom. The van der Waals surface area contributed by atoms with Gasteiger partial charge in [0.1, 0.15) is 34.2 Å². The van der Waals surface area contributed by atoms with Crippen LogP contribution in [-0.4, -0.2) is 38.9 Å². The molecule has 1 fully saturated rings. The van der Waals surface area contributed by atoms with Crippen LogP contribution < -0.4 is 10.6 Å². The second kappa shape index (κ2) is 8.30. The minimum atomic E-state index is -4.43. The van der Waals surface area contributed by atoms with Crippen LogP contribution in [0.5, 0.6) is 0 Å². The van der Waals surface area contributed by atoms with E-state index in [0.29, 0.717) is 37.2 Å². The van der Waals surface area contributed by atoms with E-state index in [4.69, 9.17) is 11.6 Å². The summed E-state index contributed by atoms with van der Waals surface area (Å²) in [5, 5.41) is 5.78. The third-order valence-electron chi connectivity index (χ3n) is 4.91. The number of alkyl halides is 4. The van der Waals surface area contributed by atoms with Crippen molar-refractivity contribution in [1.29, 1.82) is 0 Å². The zero-order valence-electron chi connectivity index (χ0n) is 16.0. The number of hydrogen-bond donors (Lipinski definition) is 2. The summed E-state index contributed by atoms with van der Waals surface area (Å²) in [6, 6.07) is 4.45. The summed E-state index contributed by atoms with van der Waals surface area (Å²) in [5.41, 5.74) is -0.849. The summed E-state index contributed by atoms with van der Waals surface area (Å²) in [5.74, 6) is 0.497. The smallest absolute Gasteiger partial charge is 0.367 e. The first-order chi connectivity index (χ1) is 13.5. The highest BCUT2D eigenvalue weighted by atomic mass is 35.5. The highest BCUT2D eigenvalue weighted by molar-refractivity contribution is 6.29. The molecule has 1 aliphatic carbocycles. The molecule has 29 heavy (non-hydrogen) atoms. The van der Waals surface area contributed by atoms with Crippen LogP contribution in [0, 0.1) is 0 Å². The highest BCUT2D eigenvalue weighted by Gasteiger charge is 2.36. The van der Waals surface area contributed by atoms with Gasteiger partial charge < -0.3 is 10.6 Å². The first-order valence-corrected chi connectivity index (χ1v) is 9.70. The molecule has 2 N–H and O–H groups in total. The Balaban J connectivity index is 1.88. The molecular weight excluding hydrogens is 410 g/mol. The van der Waals surface area contributed by atoms with Crippen LogP contribution in [0.15, 0.2) is 24.3 Å². The van der Waals surface area contributed by atoms with E-state index < -0.39 is 17.9 Å². The van der Waals surface area contributed by atoms with E-state index in [1.54, 1.807) is 25.1 Å². The van der Waals surface area contributed by atoms with Crippen LogP contribution in [0.3, 0.4) is 0 Å². The number of nitrogens with zero attached hydrogens (tertiary/aromatic N) is 3. The van der Waals surface area contributed by atoms with Gasteiger partial charge in [0.2, 0.25) is 0 Å². The van der Waals surface area contributed by atoms with Crippen LogP contribution in [0.2, 0.25) is 5.15 Å². The van der Waals surface area contributed by atoms with Gasteiger partial charge in [-0.3, -0.25) is 0 Å². The molecule has 0 spiro atoms. The molecule has 1 unspecified atom stereocenters. The lowest BCUT2D eigenvalue weighted by Gasteiger charge is -2.32. The lowest BCUT2D eigenvalue weighted by molar-refractivity contribution is -0.138. The average Bonchev–Trinajstić information content (AvgIpc) is 2.62. The molecule has 0 bridgehead atoms. The SMILES string of the molecule is CC(Nc1cc(NC2CCC(C)(F)CC2)nc(-c2cccc(Cl)n2)n1)C(F)(F)F. The highest BCUT2D eigenvalue weighted by Crippen LogP contribution is 2.33. The van der Waals surface area contributed by atoms with Crippen LogP contribution >= 0.6 is 11.6 Å². The fourth-order valence-corrected chi connectivity index (χ4v) is 3.28. The first kappa shape index (κ1) is 21.5. The summed E-state index contributed by atoms with van der Waals surface area (Å²) in [4.78, 5) is 12.7. The van der Waals surface area contributed by atoms with Crippen LogP contribution in [0.1, 0.15) is 39.5 Å². The van der Waals surface area contributed by atoms with Crippen LogP contribution in [0.25, 0.3) is 11.5 Å². The van der Waals surface area contributed by atoms with Crippen molar-refractivity contribution in [2.45, 2.75) is 63.5 Å². The molecule has 5 nitrogen and oxygen atoms in total. The molecule has 0 aliphatic heterocycles. The molecule has 1 atom stereocenters. The molecule has 158 valence electrons. The van der Waals surface area contributed by atoms with E-state index >= 15 is 0 Å². The standard InChI is InChI=1S/C19H22ClF4N5/c1-11(19(22,23)24)25-15-10-16(26-12-6-8-18(2,21)9-7-12)29-17(28-15)13-4-3-5-14(20)27-13/h3-5,10-12H,6-9H2,1-2H3,(H2,25,26,28,29). The zero-order chi connectivity index (χ0) is 21.2. The van der Waals surface area contributed by atoms with Crippen molar-refractivity contribution in [2.24, 2.45) is 0 Å². The van der Waals surface area contributed by atoms with E-state index in [0.717, 1.165) is 6.92 Å². The van der Waals surface area contributed by atoms with E-state index in [2.05, 4.69) is 25.6 Å². The molecule has 2 aromatic heterocycles. The Morgan fingerprint density at radius 3 is 2.41 bits per heavy atom. The molecule has 1 aliphatic rings. The van der Waals surface area contributed by atoms with Gasteiger partial charge in [0.25, 0.3) is 0 Å². The van der Waals surface area contributed by atoms with Crippen molar-refractivity contribution in [2.75, 3.05) is 10.6 Å². The van der Waals surface area contributed by atoms with Gasteiger partial charge in [0.05, 0.1) is 0 Å². The van der Waals surface area contributed by atoms with Crippen molar-refractivity contribution >= 4 is 23.2 Å². The molecule has 0 saturated heterocycles. The van der Waals surface area contributed by atoms with Gasteiger partial charge in [-0.1, -0.05) is 17.7 Å². The van der Waals surface area contributed by atoms with Crippen molar-refractivity contribution < 1.29 is 17.6 Å². The van der Waals surface area contributed by atoms with Gasteiger partial charge in [0, 0.05) is 12.1 Å². The van der Waals surface area contributed by atoms with Crippen molar-refractivity contribution in [1.82, 2.24) is 15.0 Å². The topological polar surface area (TPSA) is 62.7 Å². The number of aromatic nitrogens is 3. The summed E-state index contributed by atoms with van der Waals surface area (Å²) in [7, 11) is 0. The molecule has 0 aromatic carbocycles. The molecule has 1 saturated carbocycles. The molecular formula is C19H22ClF4N5. The lowest BCUT2D eigenvalue weighted by Crippen LogP contribution is -2.34. The Labute approximate surface area is 171 Å². The molecule has 10 heteroatoms. The largest absolute Gasteiger partial charge is 0.408 e. The van der Waals surface area contributed by atoms with E-state index in [-0.39, 0.29) is 22.8 Å². The van der Waals surface area contributed by atoms with E-state index in [1.165, 1.54) is 6.07 Å². The number of halogens is 5. The summed E-state index contributed by atoms with van der Waals surface area (Å²) in [6.45, 7) is 2.59. The predicted octanol–water partition coefficient (Wildman–Crippen LogP) is 5.64. The normalized spacial score (nSPS) is 23.5. The average molecular weight is 432 g/mol. The summed E-state index contributed by atoms with van der Waals surface area (Å²) < 4.78 is 52.9. The third-order valence-corrected chi connectivity index (χ3v) is 5.12. The van der Waals surface area contributed by atoms with Gasteiger partial charge in [-0.2, -0.15) is 13.2 Å². The Kier molecular flexibility index (Phi) is 6.16. The van der Waals surface area contributed by atoms with Gasteiger partial charge in [-0.25, -0.2) is 19.3 Å². The Hall–Kier alpha value is -2.16. The van der Waals surface area contributed by atoms with Crippen molar-refractivity contribution in [3.8, 4) is 11.5 Å². The number of anilines is 2.